The number of amides is 1. The number of nitrogens with one attached hydrogen (secondary N) is 1. The minimum absolute atomic E-state index is 0.133. The second-order valence-electron chi connectivity index (χ2n) is 7.36. The molecule has 2 aliphatic rings. The van der Waals surface area contributed by atoms with Gasteiger partial charge in [0, 0.05) is 63.0 Å². The first-order valence-corrected chi connectivity index (χ1v) is 10.2. The van der Waals surface area contributed by atoms with Gasteiger partial charge in [-0.15, -0.1) is 0 Å². The van der Waals surface area contributed by atoms with Crippen LogP contribution in [0.25, 0.3) is 0 Å². The van der Waals surface area contributed by atoms with Crippen LogP contribution in [-0.2, 0) is 4.79 Å². The van der Waals surface area contributed by atoms with Crippen LogP contribution < -0.4 is 15.1 Å². The number of nitrogens with zero attached hydrogens (tertiary/aromatic N) is 5. The Balaban J connectivity index is 1.23. The number of piperazine rings is 1. The molecule has 7 nitrogen and oxygen atoms in total. The maximum atomic E-state index is 12.5. The topological polar surface area (TPSA) is 64.6 Å². The molecule has 0 aliphatic carbocycles. The summed E-state index contributed by atoms with van der Waals surface area (Å²) in [5.74, 6) is 0.871. The molecule has 2 fully saturated rings. The van der Waals surface area contributed by atoms with Gasteiger partial charge in [-0.05, 0) is 49.6 Å². The molecule has 4 rings (SSSR count). The van der Waals surface area contributed by atoms with Crippen molar-refractivity contribution in [2.24, 2.45) is 0 Å². The molecule has 1 N–H and O–H groups in total. The van der Waals surface area contributed by atoms with Gasteiger partial charge in [-0.1, -0.05) is 0 Å². The molecule has 1 amide bonds. The van der Waals surface area contributed by atoms with Gasteiger partial charge in [0.25, 0.3) is 0 Å². The molecule has 0 bridgehead atoms. The second kappa shape index (κ2) is 8.91. The van der Waals surface area contributed by atoms with E-state index in [4.69, 9.17) is 0 Å². The first-order valence-electron chi connectivity index (χ1n) is 10.2. The van der Waals surface area contributed by atoms with Crippen molar-refractivity contribution in [2.75, 3.05) is 60.9 Å². The third kappa shape index (κ3) is 4.52. The standard InChI is InChI=1S/C21H28N6O/c28-20(26-13-15-27(16-14-26)21-22-9-4-10-23-21)17-24-18-5-7-19(8-6-18)25-11-2-1-3-12-25/h4-10,24H,1-3,11-17H2. The van der Waals surface area contributed by atoms with Crippen molar-refractivity contribution in [3.8, 4) is 0 Å². The van der Waals surface area contributed by atoms with E-state index in [2.05, 4.69) is 49.4 Å². The van der Waals surface area contributed by atoms with Crippen LogP contribution in [0.1, 0.15) is 19.3 Å². The Morgan fingerprint density at radius 3 is 2.21 bits per heavy atom. The highest BCUT2D eigenvalue weighted by Gasteiger charge is 2.22. The molecule has 28 heavy (non-hydrogen) atoms. The summed E-state index contributed by atoms with van der Waals surface area (Å²) in [7, 11) is 0. The van der Waals surface area contributed by atoms with E-state index in [1.54, 1.807) is 12.4 Å². The van der Waals surface area contributed by atoms with Crippen LogP contribution in [0.15, 0.2) is 42.7 Å². The number of anilines is 3. The van der Waals surface area contributed by atoms with Crippen molar-refractivity contribution >= 4 is 23.2 Å². The molecule has 7 heteroatoms. The Morgan fingerprint density at radius 2 is 1.54 bits per heavy atom. The van der Waals surface area contributed by atoms with E-state index in [9.17, 15) is 4.79 Å². The van der Waals surface area contributed by atoms with Crippen LogP contribution in [0.4, 0.5) is 17.3 Å². The van der Waals surface area contributed by atoms with E-state index in [0.717, 1.165) is 37.8 Å². The molecule has 2 saturated heterocycles. The molecule has 0 unspecified atom stereocenters. The van der Waals surface area contributed by atoms with E-state index >= 15 is 0 Å². The zero-order valence-electron chi connectivity index (χ0n) is 16.3. The highest BCUT2D eigenvalue weighted by Crippen LogP contribution is 2.21. The molecular formula is C21H28N6O. The van der Waals surface area contributed by atoms with Crippen LogP contribution in [-0.4, -0.2) is 66.6 Å². The predicted molar refractivity (Wildman–Crippen MR) is 112 cm³/mol. The lowest BCUT2D eigenvalue weighted by Crippen LogP contribution is -2.50. The number of hydrogen-bond donors (Lipinski definition) is 1. The summed E-state index contributed by atoms with van der Waals surface area (Å²) in [5, 5.41) is 3.27. The highest BCUT2D eigenvalue weighted by molar-refractivity contribution is 5.81. The van der Waals surface area contributed by atoms with Gasteiger partial charge in [-0.2, -0.15) is 0 Å². The fourth-order valence-electron chi connectivity index (χ4n) is 3.84. The van der Waals surface area contributed by atoms with Crippen LogP contribution in [0.5, 0.6) is 0 Å². The molecule has 0 radical (unpaired) electrons. The second-order valence-corrected chi connectivity index (χ2v) is 7.36. The van der Waals surface area contributed by atoms with Crippen molar-refractivity contribution in [1.29, 1.82) is 0 Å². The van der Waals surface area contributed by atoms with E-state index in [-0.39, 0.29) is 5.91 Å². The molecule has 1 aromatic carbocycles. The van der Waals surface area contributed by atoms with Gasteiger partial charge in [0.2, 0.25) is 11.9 Å². The summed E-state index contributed by atoms with van der Waals surface area (Å²) >= 11 is 0. The number of rotatable bonds is 5. The molecule has 0 atom stereocenters. The minimum Gasteiger partial charge on any atom is -0.376 e. The van der Waals surface area contributed by atoms with E-state index in [1.165, 1.54) is 24.9 Å². The quantitative estimate of drug-likeness (QED) is 0.858. The van der Waals surface area contributed by atoms with Gasteiger partial charge >= 0.3 is 0 Å². The van der Waals surface area contributed by atoms with Crippen LogP contribution in [0, 0.1) is 0 Å². The Bertz CT molecular complexity index is 752. The summed E-state index contributed by atoms with van der Waals surface area (Å²) in [6.45, 7) is 5.54. The van der Waals surface area contributed by atoms with Crippen molar-refractivity contribution in [1.82, 2.24) is 14.9 Å². The molecule has 2 aromatic rings. The molecule has 1 aromatic heterocycles. The SMILES string of the molecule is O=C(CNc1ccc(N2CCCCC2)cc1)N1CCN(c2ncccn2)CC1. The lowest BCUT2D eigenvalue weighted by atomic mass is 10.1. The molecule has 3 heterocycles. The number of hydrogen-bond acceptors (Lipinski definition) is 6. The normalized spacial score (nSPS) is 17.5. The predicted octanol–water partition coefficient (Wildman–Crippen LogP) is 2.23. The molecule has 0 spiro atoms. The van der Waals surface area contributed by atoms with Gasteiger partial charge in [0.15, 0.2) is 0 Å². The maximum absolute atomic E-state index is 12.5. The van der Waals surface area contributed by atoms with E-state index < -0.39 is 0 Å². The van der Waals surface area contributed by atoms with Crippen molar-refractivity contribution in [3.63, 3.8) is 0 Å². The summed E-state index contributed by atoms with van der Waals surface area (Å²) in [4.78, 5) is 27.6. The lowest BCUT2D eigenvalue weighted by Gasteiger charge is -2.34. The molecule has 2 aliphatic heterocycles. The van der Waals surface area contributed by atoms with Crippen LogP contribution >= 0.6 is 0 Å². The number of piperidine rings is 1. The Hall–Kier alpha value is -2.83. The van der Waals surface area contributed by atoms with Gasteiger partial charge in [-0.3, -0.25) is 4.79 Å². The molecule has 0 saturated carbocycles. The summed E-state index contributed by atoms with van der Waals surface area (Å²) < 4.78 is 0. The fraction of sp³-hybridized carbons (Fsp3) is 0.476. The molecular weight excluding hydrogens is 352 g/mol. The average molecular weight is 380 g/mol. The lowest BCUT2D eigenvalue weighted by molar-refractivity contribution is -0.129. The number of carbonyl (C=O) groups is 1. The largest absolute Gasteiger partial charge is 0.376 e. The van der Waals surface area contributed by atoms with Crippen molar-refractivity contribution in [3.05, 3.63) is 42.7 Å². The van der Waals surface area contributed by atoms with Gasteiger partial charge in [0.05, 0.1) is 6.54 Å². The van der Waals surface area contributed by atoms with Crippen LogP contribution in [0.3, 0.4) is 0 Å². The first kappa shape index (κ1) is 18.5. The summed E-state index contributed by atoms with van der Waals surface area (Å²) in [6.07, 6.45) is 7.39. The average Bonchev–Trinajstić information content (AvgIpc) is 2.79. The highest BCUT2D eigenvalue weighted by atomic mass is 16.2. The fourth-order valence-corrected chi connectivity index (χ4v) is 3.84. The monoisotopic (exact) mass is 380 g/mol. The maximum Gasteiger partial charge on any atom is 0.241 e. The van der Waals surface area contributed by atoms with Crippen molar-refractivity contribution < 1.29 is 4.79 Å². The van der Waals surface area contributed by atoms with Gasteiger partial charge in [-0.25, -0.2) is 9.97 Å². The minimum atomic E-state index is 0.133. The zero-order chi connectivity index (χ0) is 19.2. The number of aromatic nitrogens is 2. The number of benzene rings is 1. The summed E-state index contributed by atoms with van der Waals surface area (Å²) in [5.41, 5.74) is 2.27. The Morgan fingerprint density at radius 1 is 0.857 bits per heavy atom. The third-order valence-corrected chi connectivity index (χ3v) is 5.50. The van der Waals surface area contributed by atoms with Crippen molar-refractivity contribution in [2.45, 2.75) is 19.3 Å². The van der Waals surface area contributed by atoms with E-state index in [1.807, 2.05) is 11.0 Å². The van der Waals surface area contributed by atoms with Gasteiger partial charge in [0.1, 0.15) is 0 Å². The smallest absolute Gasteiger partial charge is 0.241 e. The van der Waals surface area contributed by atoms with Crippen LogP contribution in [0.2, 0.25) is 0 Å². The number of carbonyl (C=O) groups excluding carboxylic acids is 1. The van der Waals surface area contributed by atoms with E-state index in [0.29, 0.717) is 19.6 Å². The Kier molecular flexibility index (Phi) is 5.89. The zero-order valence-corrected chi connectivity index (χ0v) is 16.3. The van der Waals surface area contributed by atoms with Gasteiger partial charge < -0.3 is 20.0 Å². The third-order valence-electron chi connectivity index (χ3n) is 5.50. The first-order chi connectivity index (χ1) is 13.8. The Labute approximate surface area is 166 Å². The summed E-state index contributed by atoms with van der Waals surface area (Å²) in [6, 6.07) is 10.3. The molecule has 148 valence electrons.